The maximum Gasteiger partial charge on any atom is 0.300 e. The van der Waals surface area contributed by atoms with Crippen LogP contribution in [-0.4, -0.2) is 26.8 Å². The van der Waals surface area contributed by atoms with Crippen LogP contribution in [0, 0.1) is 10.1 Å². The lowest BCUT2D eigenvalue weighted by molar-refractivity contribution is -0.383. The third-order valence-electron chi connectivity index (χ3n) is 3.01. The topological polar surface area (TPSA) is 107 Å². The van der Waals surface area contributed by atoms with Gasteiger partial charge in [0.1, 0.15) is 0 Å². The van der Waals surface area contributed by atoms with E-state index in [1.165, 1.54) is 6.07 Å². The van der Waals surface area contributed by atoms with Gasteiger partial charge in [0.05, 0.1) is 10.6 Å². The van der Waals surface area contributed by atoms with Crippen LogP contribution in [0.2, 0.25) is 0 Å². The monoisotopic (exact) mass is 285 g/mol. The fourth-order valence-electron chi connectivity index (χ4n) is 2.01. The first-order valence-electron chi connectivity index (χ1n) is 6.29. The molecule has 3 rings (SSSR count). The summed E-state index contributed by atoms with van der Waals surface area (Å²) in [5.74, 6) is 0. The Morgan fingerprint density at radius 1 is 1.19 bits per heavy atom. The van der Waals surface area contributed by atoms with Crippen molar-refractivity contribution < 1.29 is 9.55 Å². The molecule has 0 aliphatic carbocycles. The van der Waals surface area contributed by atoms with E-state index in [0.29, 0.717) is 17.7 Å². The molecule has 106 valence electrons. The van der Waals surface area contributed by atoms with Crippen LogP contribution in [0.25, 0.3) is 11.0 Å². The van der Waals surface area contributed by atoms with Gasteiger partial charge in [-0.25, -0.2) is 4.63 Å². The zero-order chi connectivity index (χ0) is 14.7. The number of nitro groups is 1. The molecule has 0 saturated carbocycles. The Morgan fingerprint density at radius 2 is 2.05 bits per heavy atom. The maximum absolute atomic E-state index is 10.9. The van der Waals surface area contributed by atoms with Crippen LogP contribution in [0.4, 0.5) is 11.4 Å². The van der Waals surface area contributed by atoms with Crippen LogP contribution >= 0.6 is 0 Å². The van der Waals surface area contributed by atoms with Gasteiger partial charge in [0, 0.05) is 30.9 Å². The van der Waals surface area contributed by atoms with Gasteiger partial charge in [0.25, 0.3) is 0 Å². The second-order valence-corrected chi connectivity index (χ2v) is 4.35. The summed E-state index contributed by atoms with van der Waals surface area (Å²) in [6.07, 6.45) is 2.46. The predicted octanol–water partition coefficient (Wildman–Crippen LogP) is 2.18. The fraction of sp³-hybridized carbons (Fsp3) is 0.154. The largest absolute Gasteiger partial charge is 0.383 e. The van der Waals surface area contributed by atoms with Crippen molar-refractivity contribution in [3.8, 4) is 0 Å². The van der Waals surface area contributed by atoms with E-state index in [0.717, 1.165) is 12.1 Å². The van der Waals surface area contributed by atoms with E-state index < -0.39 is 4.92 Å². The fourth-order valence-corrected chi connectivity index (χ4v) is 2.01. The van der Waals surface area contributed by atoms with Crippen LogP contribution in [0.15, 0.2) is 41.2 Å². The number of fused-ring (bicyclic) bond motifs is 1. The predicted molar refractivity (Wildman–Crippen MR) is 74.9 cm³/mol. The van der Waals surface area contributed by atoms with Crippen molar-refractivity contribution in [1.82, 2.24) is 15.3 Å². The van der Waals surface area contributed by atoms with Gasteiger partial charge < -0.3 is 5.32 Å². The average Bonchev–Trinajstić information content (AvgIpc) is 2.98. The van der Waals surface area contributed by atoms with Crippen molar-refractivity contribution in [2.45, 2.75) is 6.42 Å². The Kier molecular flexibility index (Phi) is 3.42. The van der Waals surface area contributed by atoms with Gasteiger partial charge in [-0.3, -0.25) is 15.1 Å². The van der Waals surface area contributed by atoms with Crippen LogP contribution in [-0.2, 0) is 6.42 Å². The number of pyridine rings is 1. The summed E-state index contributed by atoms with van der Waals surface area (Å²) < 4.78 is 4.60. The quantitative estimate of drug-likeness (QED) is 0.565. The molecule has 3 aromatic rings. The number of hydrogen-bond donors (Lipinski definition) is 1. The number of anilines is 1. The highest BCUT2D eigenvalue weighted by Crippen LogP contribution is 2.28. The summed E-state index contributed by atoms with van der Waals surface area (Å²) in [5, 5.41) is 21.4. The van der Waals surface area contributed by atoms with Crippen LogP contribution in [0.5, 0.6) is 0 Å². The Balaban J connectivity index is 1.77. The van der Waals surface area contributed by atoms with Gasteiger partial charge in [0.2, 0.25) is 5.52 Å². The van der Waals surface area contributed by atoms with Crippen molar-refractivity contribution in [3.63, 3.8) is 0 Å². The molecule has 0 atom stereocenters. The average molecular weight is 285 g/mol. The third kappa shape index (κ3) is 2.64. The third-order valence-corrected chi connectivity index (χ3v) is 3.01. The number of benzene rings is 1. The molecule has 8 heteroatoms. The number of nitrogens with one attached hydrogen (secondary N) is 1. The minimum absolute atomic E-state index is 0.124. The molecule has 0 saturated heterocycles. The summed E-state index contributed by atoms with van der Waals surface area (Å²) in [6, 6.07) is 8.70. The Bertz CT molecular complexity index is 772. The lowest BCUT2D eigenvalue weighted by Crippen LogP contribution is -2.06. The van der Waals surface area contributed by atoms with E-state index in [2.05, 4.69) is 25.2 Å². The molecule has 21 heavy (non-hydrogen) atoms. The number of aromatic nitrogens is 3. The molecule has 0 aliphatic rings. The van der Waals surface area contributed by atoms with Crippen molar-refractivity contribution in [1.29, 1.82) is 0 Å². The summed E-state index contributed by atoms with van der Waals surface area (Å²) in [7, 11) is 0. The molecule has 0 spiro atoms. The SMILES string of the molecule is O=[N+]([O-])c1ccc(NCCc2ccccn2)c2nonc12. The van der Waals surface area contributed by atoms with E-state index in [-0.39, 0.29) is 11.2 Å². The number of nitrogens with zero attached hydrogens (tertiary/aromatic N) is 4. The zero-order valence-electron chi connectivity index (χ0n) is 10.9. The first-order chi connectivity index (χ1) is 10.3. The molecular formula is C13H11N5O3. The second-order valence-electron chi connectivity index (χ2n) is 4.35. The highest BCUT2D eigenvalue weighted by Gasteiger charge is 2.19. The molecule has 0 bridgehead atoms. The molecule has 0 radical (unpaired) electrons. The van der Waals surface area contributed by atoms with Crippen LogP contribution < -0.4 is 5.32 Å². The smallest absolute Gasteiger partial charge is 0.300 e. The second kappa shape index (κ2) is 5.53. The van der Waals surface area contributed by atoms with E-state index in [9.17, 15) is 10.1 Å². The van der Waals surface area contributed by atoms with Crippen molar-refractivity contribution in [2.24, 2.45) is 0 Å². The summed E-state index contributed by atoms with van der Waals surface area (Å²) in [4.78, 5) is 14.6. The normalized spacial score (nSPS) is 10.7. The van der Waals surface area contributed by atoms with E-state index >= 15 is 0 Å². The Hall–Kier alpha value is -3.03. The summed E-state index contributed by atoms with van der Waals surface area (Å²) in [6.45, 7) is 0.622. The van der Waals surface area contributed by atoms with Crippen LogP contribution in [0.3, 0.4) is 0 Å². The molecular weight excluding hydrogens is 274 g/mol. The molecule has 0 unspecified atom stereocenters. The van der Waals surface area contributed by atoms with Crippen molar-refractivity contribution in [2.75, 3.05) is 11.9 Å². The molecule has 1 N–H and O–H groups in total. The molecule has 2 heterocycles. The van der Waals surface area contributed by atoms with Gasteiger partial charge >= 0.3 is 5.69 Å². The lowest BCUT2D eigenvalue weighted by Gasteiger charge is -2.05. The molecule has 1 aromatic carbocycles. The highest BCUT2D eigenvalue weighted by atomic mass is 16.6. The number of rotatable bonds is 5. The minimum Gasteiger partial charge on any atom is -0.383 e. The van der Waals surface area contributed by atoms with Gasteiger partial charge in [-0.2, -0.15) is 0 Å². The molecule has 0 fully saturated rings. The standard InChI is InChI=1S/C13H11N5O3/c19-18(20)11-5-4-10(12-13(11)17-21-16-12)15-8-6-9-3-1-2-7-14-9/h1-5,7,15H,6,8H2. The number of nitro benzene ring substituents is 1. The first-order valence-corrected chi connectivity index (χ1v) is 6.29. The number of non-ortho nitro benzene ring substituents is 1. The minimum atomic E-state index is -0.510. The van der Waals surface area contributed by atoms with Gasteiger partial charge in [-0.05, 0) is 28.5 Å². The Morgan fingerprint density at radius 3 is 2.81 bits per heavy atom. The van der Waals surface area contributed by atoms with Gasteiger partial charge in [-0.15, -0.1) is 0 Å². The molecule has 0 aliphatic heterocycles. The molecule has 8 nitrogen and oxygen atoms in total. The first kappa shape index (κ1) is 13.0. The van der Waals surface area contributed by atoms with E-state index in [4.69, 9.17) is 0 Å². The Labute approximate surface area is 118 Å². The molecule has 2 aromatic heterocycles. The summed E-state index contributed by atoms with van der Waals surface area (Å²) >= 11 is 0. The van der Waals surface area contributed by atoms with E-state index in [1.54, 1.807) is 12.3 Å². The highest BCUT2D eigenvalue weighted by molar-refractivity contribution is 5.93. The van der Waals surface area contributed by atoms with Crippen LogP contribution in [0.1, 0.15) is 5.69 Å². The lowest BCUT2D eigenvalue weighted by atomic mass is 10.2. The maximum atomic E-state index is 10.9. The number of hydrogen-bond acceptors (Lipinski definition) is 7. The summed E-state index contributed by atoms with van der Waals surface area (Å²) in [5.41, 5.74) is 1.98. The van der Waals surface area contributed by atoms with Gasteiger partial charge in [-0.1, -0.05) is 6.07 Å². The van der Waals surface area contributed by atoms with Crippen molar-refractivity contribution >= 4 is 22.4 Å². The van der Waals surface area contributed by atoms with Gasteiger partial charge in [0.15, 0.2) is 5.52 Å². The van der Waals surface area contributed by atoms with E-state index in [1.807, 2.05) is 18.2 Å². The molecule has 0 amide bonds. The van der Waals surface area contributed by atoms with Crippen molar-refractivity contribution in [3.05, 3.63) is 52.3 Å². The zero-order valence-corrected chi connectivity index (χ0v) is 10.9.